The SMILES string of the molecule is CC(ON)c1ccc(O)c([N+](=O)[O-])c1. The Hall–Kier alpha value is -1.66. The van der Waals surface area contributed by atoms with Crippen molar-refractivity contribution < 1.29 is 14.9 Å². The lowest BCUT2D eigenvalue weighted by molar-refractivity contribution is -0.386. The molecule has 1 rings (SSSR count). The van der Waals surface area contributed by atoms with Crippen LogP contribution in [-0.4, -0.2) is 10.0 Å². The summed E-state index contributed by atoms with van der Waals surface area (Å²) in [6, 6.07) is 3.98. The number of nitro benzene ring substituents is 1. The van der Waals surface area contributed by atoms with Crippen molar-refractivity contribution in [2.45, 2.75) is 13.0 Å². The molecule has 0 bridgehead atoms. The molecule has 0 aliphatic heterocycles. The van der Waals surface area contributed by atoms with Crippen LogP contribution in [0.4, 0.5) is 5.69 Å². The minimum atomic E-state index is -0.665. The fourth-order valence-corrected chi connectivity index (χ4v) is 1.02. The number of phenols is 1. The summed E-state index contributed by atoms with van der Waals surface area (Å²) in [5.74, 6) is 4.56. The van der Waals surface area contributed by atoms with E-state index >= 15 is 0 Å². The standard InChI is InChI=1S/C8H10N2O4/c1-5(14-9)6-2-3-8(11)7(4-6)10(12)13/h2-5,11H,9H2,1H3. The first-order chi connectivity index (χ1) is 6.56. The van der Waals surface area contributed by atoms with E-state index in [1.807, 2.05) is 0 Å². The van der Waals surface area contributed by atoms with Crippen LogP contribution in [-0.2, 0) is 4.84 Å². The topological polar surface area (TPSA) is 98.6 Å². The van der Waals surface area contributed by atoms with Crippen molar-refractivity contribution in [3.8, 4) is 5.75 Å². The van der Waals surface area contributed by atoms with Crippen molar-refractivity contribution in [3.63, 3.8) is 0 Å². The van der Waals surface area contributed by atoms with Crippen LogP contribution >= 0.6 is 0 Å². The first-order valence-electron chi connectivity index (χ1n) is 3.89. The molecule has 0 saturated heterocycles. The molecule has 0 heterocycles. The maximum absolute atomic E-state index is 10.5. The highest BCUT2D eigenvalue weighted by Gasteiger charge is 2.16. The van der Waals surface area contributed by atoms with E-state index in [4.69, 9.17) is 11.0 Å². The molecule has 76 valence electrons. The monoisotopic (exact) mass is 198 g/mol. The van der Waals surface area contributed by atoms with Crippen LogP contribution in [0.1, 0.15) is 18.6 Å². The van der Waals surface area contributed by atoms with E-state index in [1.165, 1.54) is 18.2 Å². The quantitative estimate of drug-likeness (QED) is 0.562. The van der Waals surface area contributed by atoms with Crippen molar-refractivity contribution >= 4 is 5.69 Å². The highest BCUT2D eigenvalue weighted by atomic mass is 16.6. The van der Waals surface area contributed by atoms with Crippen LogP contribution in [0.3, 0.4) is 0 Å². The normalized spacial score (nSPS) is 12.4. The summed E-state index contributed by atoms with van der Waals surface area (Å²) < 4.78 is 0. The Morgan fingerprint density at radius 2 is 2.29 bits per heavy atom. The molecule has 0 aliphatic carbocycles. The van der Waals surface area contributed by atoms with Crippen molar-refractivity contribution in [1.29, 1.82) is 0 Å². The van der Waals surface area contributed by atoms with Crippen LogP contribution in [0.5, 0.6) is 5.75 Å². The molecule has 0 spiro atoms. The Kier molecular flexibility index (Phi) is 3.00. The van der Waals surface area contributed by atoms with Crippen molar-refractivity contribution in [1.82, 2.24) is 0 Å². The Morgan fingerprint density at radius 3 is 2.79 bits per heavy atom. The van der Waals surface area contributed by atoms with E-state index in [9.17, 15) is 10.1 Å². The molecule has 0 aromatic heterocycles. The summed E-state index contributed by atoms with van der Waals surface area (Å²) in [6.07, 6.45) is -0.450. The molecule has 1 aromatic carbocycles. The van der Waals surface area contributed by atoms with Crippen LogP contribution in [0.25, 0.3) is 0 Å². The van der Waals surface area contributed by atoms with Gasteiger partial charge in [-0.05, 0) is 18.6 Å². The summed E-state index contributed by atoms with van der Waals surface area (Å²) in [6.45, 7) is 1.65. The number of hydrogen-bond donors (Lipinski definition) is 2. The van der Waals surface area contributed by atoms with Gasteiger partial charge >= 0.3 is 5.69 Å². The first kappa shape index (κ1) is 10.4. The van der Waals surface area contributed by atoms with E-state index in [2.05, 4.69) is 4.84 Å². The molecule has 0 amide bonds. The number of hydrogen-bond acceptors (Lipinski definition) is 5. The van der Waals surface area contributed by atoms with Gasteiger partial charge in [0.05, 0.1) is 4.92 Å². The summed E-state index contributed by atoms with van der Waals surface area (Å²) in [4.78, 5) is 14.3. The zero-order valence-electron chi connectivity index (χ0n) is 7.51. The predicted octanol–water partition coefficient (Wildman–Crippen LogP) is 1.25. The van der Waals surface area contributed by atoms with Gasteiger partial charge in [-0.25, -0.2) is 5.90 Å². The molecule has 3 N–H and O–H groups in total. The molecule has 1 atom stereocenters. The lowest BCUT2D eigenvalue weighted by Gasteiger charge is -2.08. The van der Waals surface area contributed by atoms with Gasteiger partial charge in [-0.15, -0.1) is 0 Å². The van der Waals surface area contributed by atoms with Crippen LogP contribution in [0, 0.1) is 10.1 Å². The Labute approximate surface area is 80.0 Å². The highest BCUT2D eigenvalue weighted by Crippen LogP contribution is 2.29. The van der Waals surface area contributed by atoms with Crippen molar-refractivity contribution in [2.24, 2.45) is 5.90 Å². The number of nitrogens with two attached hydrogens (primary N) is 1. The molecular formula is C8H10N2O4. The highest BCUT2D eigenvalue weighted by molar-refractivity contribution is 5.48. The van der Waals surface area contributed by atoms with E-state index in [-0.39, 0.29) is 11.4 Å². The van der Waals surface area contributed by atoms with E-state index in [0.717, 1.165) is 0 Å². The zero-order valence-corrected chi connectivity index (χ0v) is 7.51. The van der Waals surface area contributed by atoms with Gasteiger partial charge in [0.2, 0.25) is 0 Å². The lowest BCUT2D eigenvalue weighted by atomic mass is 10.1. The van der Waals surface area contributed by atoms with Crippen LogP contribution in [0.15, 0.2) is 18.2 Å². The third-order valence-electron chi connectivity index (χ3n) is 1.87. The molecule has 0 radical (unpaired) electrons. The third-order valence-corrected chi connectivity index (χ3v) is 1.87. The second kappa shape index (κ2) is 4.03. The number of benzene rings is 1. The molecule has 6 nitrogen and oxygen atoms in total. The summed E-state index contributed by atoms with van der Waals surface area (Å²) in [5.41, 5.74) is 0.184. The van der Waals surface area contributed by atoms with Gasteiger partial charge < -0.3 is 5.11 Å². The average molecular weight is 198 g/mol. The van der Waals surface area contributed by atoms with Crippen molar-refractivity contribution in [2.75, 3.05) is 0 Å². The van der Waals surface area contributed by atoms with Gasteiger partial charge in [0.15, 0.2) is 5.75 Å². The minimum absolute atomic E-state index is 0.355. The zero-order chi connectivity index (χ0) is 10.7. The van der Waals surface area contributed by atoms with E-state index < -0.39 is 11.0 Å². The maximum atomic E-state index is 10.5. The first-order valence-corrected chi connectivity index (χ1v) is 3.89. The van der Waals surface area contributed by atoms with Gasteiger partial charge in [-0.1, -0.05) is 6.07 Å². The number of aromatic hydroxyl groups is 1. The molecule has 0 aliphatic rings. The minimum Gasteiger partial charge on any atom is -0.502 e. The van der Waals surface area contributed by atoms with Crippen LogP contribution in [0.2, 0.25) is 0 Å². The van der Waals surface area contributed by atoms with Gasteiger partial charge in [0.25, 0.3) is 0 Å². The molecule has 6 heteroatoms. The van der Waals surface area contributed by atoms with Crippen LogP contribution < -0.4 is 5.90 Å². The van der Waals surface area contributed by atoms with Crippen molar-refractivity contribution in [3.05, 3.63) is 33.9 Å². The largest absolute Gasteiger partial charge is 0.502 e. The van der Waals surface area contributed by atoms with Gasteiger partial charge in [0.1, 0.15) is 6.10 Å². The second-order valence-electron chi connectivity index (χ2n) is 2.78. The Balaban J connectivity index is 3.12. The van der Waals surface area contributed by atoms with Gasteiger partial charge in [-0.3, -0.25) is 15.0 Å². The number of phenolic OH excluding ortho intramolecular Hbond substituents is 1. The molecular weight excluding hydrogens is 188 g/mol. The second-order valence-corrected chi connectivity index (χ2v) is 2.78. The smallest absolute Gasteiger partial charge is 0.311 e. The molecule has 0 fully saturated rings. The lowest BCUT2D eigenvalue weighted by Crippen LogP contribution is -2.05. The molecule has 1 unspecified atom stereocenters. The molecule has 14 heavy (non-hydrogen) atoms. The number of rotatable bonds is 3. The molecule has 1 aromatic rings. The average Bonchev–Trinajstić information content (AvgIpc) is 2.17. The number of nitro groups is 1. The third kappa shape index (κ3) is 1.98. The van der Waals surface area contributed by atoms with Gasteiger partial charge in [-0.2, -0.15) is 0 Å². The predicted molar refractivity (Wildman–Crippen MR) is 48.4 cm³/mol. The molecule has 0 saturated carbocycles. The maximum Gasteiger partial charge on any atom is 0.311 e. The summed E-state index contributed by atoms with van der Waals surface area (Å²) in [7, 11) is 0. The Bertz CT molecular complexity index is 353. The fourth-order valence-electron chi connectivity index (χ4n) is 1.02. The van der Waals surface area contributed by atoms with E-state index in [0.29, 0.717) is 5.56 Å². The Morgan fingerprint density at radius 1 is 1.64 bits per heavy atom. The fraction of sp³-hybridized carbons (Fsp3) is 0.250. The van der Waals surface area contributed by atoms with Gasteiger partial charge in [0, 0.05) is 6.07 Å². The number of nitrogens with zero attached hydrogens (tertiary/aromatic N) is 1. The van der Waals surface area contributed by atoms with E-state index in [1.54, 1.807) is 6.92 Å². The summed E-state index contributed by atoms with van der Waals surface area (Å²) in [5, 5.41) is 19.6. The summed E-state index contributed by atoms with van der Waals surface area (Å²) >= 11 is 0.